The Hall–Kier alpha value is -5.68. The van der Waals surface area contributed by atoms with E-state index in [2.05, 4.69) is 0 Å². The molecule has 2 N–H and O–H groups in total. The molecule has 2 aliphatic carbocycles. The zero-order valence-corrected chi connectivity index (χ0v) is 27.6. The molecule has 0 spiro atoms. The van der Waals surface area contributed by atoms with Crippen molar-refractivity contribution in [2.75, 3.05) is 26.3 Å². The summed E-state index contributed by atoms with van der Waals surface area (Å²) in [5.41, 5.74) is 8.41. The van der Waals surface area contributed by atoms with E-state index in [1.54, 1.807) is 0 Å². The molecule has 2 aliphatic heterocycles. The summed E-state index contributed by atoms with van der Waals surface area (Å²) in [6.07, 6.45) is -3.72. The summed E-state index contributed by atoms with van der Waals surface area (Å²) in [6, 6.07) is 29.3. The summed E-state index contributed by atoms with van der Waals surface area (Å²) in [5, 5.41) is 20.4. The number of ether oxygens (including phenoxy) is 3. The van der Waals surface area contributed by atoms with Crippen molar-refractivity contribution < 1.29 is 43.6 Å². The van der Waals surface area contributed by atoms with Crippen LogP contribution in [0, 0.1) is 0 Å². The van der Waals surface area contributed by atoms with Crippen LogP contribution < -0.4 is 0 Å². The number of carbonyl (C=O) groups excluding carboxylic acids is 3. The maximum atomic E-state index is 13.5. The average molecular weight is 689 g/mol. The molecular weight excluding hydrogens is 652 g/mol. The second kappa shape index (κ2) is 13.2. The standard InChI is InChI=1S/C40H36N2O9/c43-23-17-36(41(19-23)39(47)49-21-33-29-13-5-1-9-25(29)26-10-2-6-14-30(26)33)38(46)51-24-18-35(37(44)45)42(20-24)40(48)50-22-34-31-15-7-3-11-27(31)28-12-4-8-16-32(28)34/h1-16,23-24,33-36,43H,17-22H2,(H,44,45)/t23-,24-,35+,36+/m0/s1. The monoisotopic (exact) mass is 688 g/mol. The number of aliphatic hydroxyl groups is 1. The SMILES string of the molecule is O=C(O)[C@H]1C[C@H](OC(=O)[C@H]2C[C@H](O)CN2C(=O)OCC2c3ccccc3-c3ccccc32)CN1C(=O)OCC1c2ccccc2-c2ccccc21. The number of esters is 1. The van der Waals surface area contributed by atoms with Crippen molar-refractivity contribution in [3.8, 4) is 22.3 Å². The first kappa shape index (κ1) is 32.5. The highest BCUT2D eigenvalue weighted by Gasteiger charge is 2.46. The van der Waals surface area contributed by atoms with Gasteiger partial charge in [0.15, 0.2) is 0 Å². The molecule has 11 heteroatoms. The van der Waals surface area contributed by atoms with Crippen molar-refractivity contribution in [1.82, 2.24) is 9.80 Å². The first-order valence-electron chi connectivity index (χ1n) is 17.1. The van der Waals surface area contributed by atoms with Gasteiger partial charge in [0.05, 0.1) is 19.2 Å². The van der Waals surface area contributed by atoms with Gasteiger partial charge < -0.3 is 24.4 Å². The van der Waals surface area contributed by atoms with E-state index < -0.39 is 48.4 Å². The lowest BCUT2D eigenvalue weighted by atomic mass is 9.98. The molecule has 51 heavy (non-hydrogen) atoms. The smallest absolute Gasteiger partial charge is 0.410 e. The number of carbonyl (C=O) groups is 4. The minimum Gasteiger partial charge on any atom is -0.480 e. The molecule has 0 saturated carbocycles. The molecule has 4 atom stereocenters. The van der Waals surface area contributed by atoms with E-state index in [-0.39, 0.29) is 51.0 Å². The van der Waals surface area contributed by atoms with Crippen LogP contribution in [-0.4, -0.2) is 94.7 Å². The number of benzene rings is 4. The van der Waals surface area contributed by atoms with Crippen molar-refractivity contribution >= 4 is 24.1 Å². The maximum absolute atomic E-state index is 13.5. The van der Waals surface area contributed by atoms with Crippen LogP contribution in [0.5, 0.6) is 0 Å². The topological polar surface area (TPSA) is 143 Å². The van der Waals surface area contributed by atoms with Gasteiger partial charge in [-0.1, -0.05) is 97.1 Å². The summed E-state index contributed by atoms with van der Waals surface area (Å²) in [6.45, 7) is -0.265. The lowest BCUT2D eigenvalue weighted by Crippen LogP contribution is -2.43. The summed E-state index contributed by atoms with van der Waals surface area (Å²) >= 11 is 0. The van der Waals surface area contributed by atoms with Gasteiger partial charge in [-0.15, -0.1) is 0 Å². The van der Waals surface area contributed by atoms with Gasteiger partial charge in [0.1, 0.15) is 31.4 Å². The van der Waals surface area contributed by atoms with E-state index in [9.17, 15) is 29.4 Å². The third-order valence-electron chi connectivity index (χ3n) is 10.5. The normalized spacial score (nSPS) is 21.8. The van der Waals surface area contributed by atoms with E-state index >= 15 is 0 Å². The van der Waals surface area contributed by atoms with E-state index in [0.717, 1.165) is 54.3 Å². The van der Waals surface area contributed by atoms with Crippen LogP contribution >= 0.6 is 0 Å². The number of nitrogens with zero attached hydrogens (tertiary/aromatic N) is 2. The molecule has 2 heterocycles. The van der Waals surface area contributed by atoms with Crippen LogP contribution in [0.2, 0.25) is 0 Å². The minimum atomic E-state index is -1.27. The second-order valence-electron chi connectivity index (χ2n) is 13.5. The molecule has 0 radical (unpaired) electrons. The lowest BCUT2D eigenvalue weighted by molar-refractivity contribution is -0.153. The molecule has 0 aromatic heterocycles. The molecule has 260 valence electrons. The van der Waals surface area contributed by atoms with Gasteiger partial charge in [0, 0.05) is 24.7 Å². The Balaban J connectivity index is 0.904. The highest BCUT2D eigenvalue weighted by atomic mass is 16.6. The van der Waals surface area contributed by atoms with Crippen molar-refractivity contribution in [3.63, 3.8) is 0 Å². The van der Waals surface area contributed by atoms with Crippen molar-refractivity contribution in [2.45, 2.75) is 49.0 Å². The van der Waals surface area contributed by atoms with Gasteiger partial charge in [-0.05, 0) is 44.5 Å². The Bertz CT molecular complexity index is 1940. The Morgan fingerprint density at radius 2 is 1.00 bits per heavy atom. The number of amides is 2. The van der Waals surface area contributed by atoms with E-state index in [0.29, 0.717) is 0 Å². The molecule has 2 amide bonds. The Morgan fingerprint density at radius 1 is 0.588 bits per heavy atom. The molecule has 4 aromatic rings. The first-order valence-corrected chi connectivity index (χ1v) is 17.1. The first-order chi connectivity index (χ1) is 24.8. The van der Waals surface area contributed by atoms with Crippen molar-refractivity contribution in [2.24, 2.45) is 0 Å². The maximum Gasteiger partial charge on any atom is 0.410 e. The van der Waals surface area contributed by atoms with E-state index in [4.69, 9.17) is 14.2 Å². The molecular formula is C40H36N2O9. The van der Waals surface area contributed by atoms with Gasteiger partial charge >= 0.3 is 24.1 Å². The second-order valence-corrected chi connectivity index (χ2v) is 13.5. The number of carboxylic acids is 1. The molecule has 0 unspecified atom stereocenters. The Kier molecular flexibility index (Phi) is 8.43. The molecule has 2 fully saturated rings. The van der Waals surface area contributed by atoms with Crippen molar-refractivity contribution in [3.05, 3.63) is 119 Å². The number of fused-ring (bicyclic) bond motifs is 6. The van der Waals surface area contributed by atoms with Gasteiger partial charge in [0.2, 0.25) is 0 Å². The quantitative estimate of drug-likeness (QED) is 0.193. The van der Waals surface area contributed by atoms with Gasteiger partial charge in [-0.2, -0.15) is 0 Å². The lowest BCUT2D eigenvalue weighted by Gasteiger charge is -2.25. The van der Waals surface area contributed by atoms with Crippen LogP contribution in [0.3, 0.4) is 0 Å². The molecule has 8 rings (SSSR count). The zero-order chi connectivity index (χ0) is 35.2. The number of hydrogen-bond donors (Lipinski definition) is 2. The fourth-order valence-electron chi connectivity index (χ4n) is 8.15. The summed E-state index contributed by atoms with van der Waals surface area (Å²) in [7, 11) is 0. The predicted molar refractivity (Wildman–Crippen MR) is 184 cm³/mol. The van der Waals surface area contributed by atoms with Crippen LogP contribution in [0.15, 0.2) is 97.1 Å². The third-order valence-corrected chi connectivity index (χ3v) is 10.5. The van der Waals surface area contributed by atoms with Crippen LogP contribution in [0.1, 0.15) is 46.9 Å². The number of hydrogen-bond acceptors (Lipinski definition) is 8. The van der Waals surface area contributed by atoms with Gasteiger partial charge in [0.25, 0.3) is 0 Å². The molecule has 11 nitrogen and oxygen atoms in total. The number of rotatable bonds is 7. The van der Waals surface area contributed by atoms with Gasteiger partial charge in [-0.3, -0.25) is 9.80 Å². The van der Waals surface area contributed by atoms with Crippen molar-refractivity contribution in [1.29, 1.82) is 0 Å². The van der Waals surface area contributed by atoms with Crippen LogP contribution in [-0.2, 0) is 23.8 Å². The highest BCUT2D eigenvalue weighted by Crippen LogP contribution is 2.46. The summed E-state index contributed by atoms with van der Waals surface area (Å²) in [5.74, 6) is -2.45. The van der Waals surface area contributed by atoms with Gasteiger partial charge in [-0.25, -0.2) is 19.2 Å². The summed E-state index contributed by atoms with van der Waals surface area (Å²) < 4.78 is 17.2. The highest BCUT2D eigenvalue weighted by molar-refractivity contribution is 5.84. The number of carboxylic acid groups (broad SMARTS) is 1. The average Bonchev–Trinajstić information content (AvgIpc) is 3.91. The van der Waals surface area contributed by atoms with E-state index in [1.807, 2.05) is 97.1 Å². The third kappa shape index (κ3) is 5.87. The Labute approximate surface area is 294 Å². The number of aliphatic carboxylic acids is 1. The molecule has 4 aromatic carbocycles. The number of aliphatic hydroxyl groups excluding tert-OH is 1. The largest absolute Gasteiger partial charge is 0.480 e. The molecule has 0 bridgehead atoms. The minimum absolute atomic E-state index is 0.00914. The number of likely N-dealkylation sites (tertiary alicyclic amines) is 2. The zero-order valence-electron chi connectivity index (χ0n) is 27.6. The summed E-state index contributed by atoms with van der Waals surface area (Å²) in [4.78, 5) is 54.6. The Morgan fingerprint density at radius 3 is 1.43 bits per heavy atom. The van der Waals surface area contributed by atoms with E-state index in [1.165, 1.54) is 0 Å². The fourth-order valence-corrected chi connectivity index (χ4v) is 8.15. The number of β-amino-alcohol motifs (C(OH)–C–C–N with tert-alkyl or cyclic N) is 1. The van der Waals surface area contributed by atoms with Crippen LogP contribution in [0.25, 0.3) is 22.3 Å². The molecule has 4 aliphatic rings. The molecule has 2 saturated heterocycles. The van der Waals surface area contributed by atoms with Crippen LogP contribution in [0.4, 0.5) is 9.59 Å². The fraction of sp³-hybridized carbons (Fsp3) is 0.300. The predicted octanol–water partition coefficient (Wildman–Crippen LogP) is 5.39.